The van der Waals surface area contributed by atoms with Crippen LogP contribution in [-0.2, 0) is 16.6 Å². The van der Waals surface area contributed by atoms with Crippen LogP contribution in [0.25, 0.3) is 11.3 Å². The molecule has 0 saturated carbocycles. The lowest BCUT2D eigenvalue weighted by molar-refractivity contribution is 0.580. The molecule has 0 atom stereocenters. The van der Waals surface area contributed by atoms with E-state index in [0.717, 1.165) is 11.2 Å². The number of nitrogens with zero attached hydrogens (tertiary/aromatic N) is 6. The Labute approximate surface area is 149 Å². The maximum atomic E-state index is 12.6. The van der Waals surface area contributed by atoms with E-state index in [4.69, 9.17) is 0 Å². The van der Waals surface area contributed by atoms with Crippen LogP contribution in [0.4, 0.5) is 0 Å². The van der Waals surface area contributed by atoms with Crippen molar-refractivity contribution in [3.8, 4) is 5.69 Å². The molecule has 0 fully saturated rings. The topological polar surface area (TPSA) is 107 Å². The van der Waals surface area contributed by atoms with Crippen LogP contribution in [0.2, 0.25) is 0 Å². The van der Waals surface area contributed by atoms with E-state index < -0.39 is 10.0 Å². The van der Waals surface area contributed by atoms with Crippen LogP contribution in [-0.4, -0.2) is 38.0 Å². The number of aryl methyl sites for hydroxylation is 1. The molecular weight excluding hydrogens is 354 g/mol. The van der Waals surface area contributed by atoms with Gasteiger partial charge in [0.1, 0.15) is 12.0 Å². The summed E-state index contributed by atoms with van der Waals surface area (Å²) in [6.07, 6.45) is 5.15. The van der Waals surface area contributed by atoms with Crippen LogP contribution < -0.4 is 4.72 Å². The van der Waals surface area contributed by atoms with Crippen LogP contribution in [0.3, 0.4) is 0 Å². The van der Waals surface area contributed by atoms with Gasteiger partial charge in [-0.2, -0.15) is 0 Å². The van der Waals surface area contributed by atoms with Gasteiger partial charge in [0, 0.05) is 12.4 Å². The Bertz CT molecular complexity index is 1170. The van der Waals surface area contributed by atoms with Crippen LogP contribution in [0.1, 0.15) is 11.3 Å². The summed E-state index contributed by atoms with van der Waals surface area (Å²) in [7, 11) is -3.70. The van der Waals surface area contributed by atoms with Crippen LogP contribution in [0.15, 0.2) is 60.0 Å². The highest BCUT2D eigenvalue weighted by molar-refractivity contribution is 7.89. The lowest BCUT2D eigenvalue weighted by Crippen LogP contribution is -2.23. The summed E-state index contributed by atoms with van der Waals surface area (Å²) in [6.45, 7) is 2.08. The monoisotopic (exact) mass is 369 g/mol. The van der Waals surface area contributed by atoms with Crippen molar-refractivity contribution in [2.45, 2.75) is 18.4 Å². The Kier molecular flexibility index (Phi) is 3.98. The van der Waals surface area contributed by atoms with Crippen molar-refractivity contribution in [2.24, 2.45) is 0 Å². The number of fused-ring (bicyclic) bond motifs is 1. The molecule has 0 aliphatic carbocycles. The van der Waals surface area contributed by atoms with Crippen molar-refractivity contribution in [1.82, 2.24) is 34.3 Å². The molecule has 0 saturated heterocycles. The first-order valence-corrected chi connectivity index (χ1v) is 9.27. The largest absolute Gasteiger partial charge is 0.307 e. The van der Waals surface area contributed by atoms with Crippen molar-refractivity contribution in [3.63, 3.8) is 0 Å². The van der Waals surface area contributed by atoms with E-state index in [1.807, 2.05) is 35.9 Å². The van der Waals surface area contributed by atoms with E-state index in [-0.39, 0.29) is 11.4 Å². The van der Waals surface area contributed by atoms with Crippen LogP contribution in [0.5, 0.6) is 0 Å². The Morgan fingerprint density at radius 1 is 1.15 bits per heavy atom. The molecule has 26 heavy (non-hydrogen) atoms. The summed E-state index contributed by atoms with van der Waals surface area (Å²) < 4.78 is 31.0. The molecule has 4 aromatic rings. The third-order valence-corrected chi connectivity index (χ3v) is 5.23. The number of imidazole rings is 1. The Morgan fingerprint density at radius 3 is 2.85 bits per heavy atom. The molecule has 1 N–H and O–H groups in total. The van der Waals surface area contributed by atoms with Gasteiger partial charge < -0.3 is 4.40 Å². The van der Waals surface area contributed by atoms with E-state index in [9.17, 15) is 8.42 Å². The number of tetrazole rings is 1. The number of hydrogen-bond donors (Lipinski definition) is 1. The highest BCUT2D eigenvalue weighted by Crippen LogP contribution is 2.15. The minimum atomic E-state index is -3.70. The summed E-state index contributed by atoms with van der Waals surface area (Å²) in [4.78, 5) is 4.54. The second-order valence-corrected chi connectivity index (χ2v) is 7.55. The highest BCUT2D eigenvalue weighted by Gasteiger charge is 2.16. The highest BCUT2D eigenvalue weighted by atomic mass is 32.2. The first kappa shape index (κ1) is 16.4. The van der Waals surface area contributed by atoms with Crippen molar-refractivity contribution in [2.75, 3.05) is 0 Å². The summed E-state index contributed by atoms with van der Waals surface area (Å²) >= 11 is 0. The number of pyridine rings is 1. The molecule has 4 rings (SSSR count). The Balaban J connectivity index is 1.56. The zero-order chi connectivity index (χ0) is 18.1. The minimum Gasteiger partial charge on any atom is -0.307 e. The normalized spacial score (nSPS) is 11.9. The van der Waals surface area contributed by atoms with Gasteiger partial charge in [-0.1, -0.05) is 12.1 Å². The Morgan fingerprint density at radius 2 is 2.04 bits per heavy atom. The smallest absolute Gasteiger partial charge is 0.240 e. The molecule has 10 heteroatoms. The van der Waals surface area contributed by atoms with Crippen molar-refractivity contribution in [3.05, 3.63) is 66.4 Å². The number of aromatic nitrogens is 6. The van der Waals surface area contributed by atoms with Gasteiger partial charge in [0.05, 0.1) is 22.8 Å². The lowest BCUT2D eigenvalue weighted by atomic mass is 10.3. The van der Waals surface area contributed by atoms with Gasteiger partial charge in [-0.05, 0) is 47.2 Å². The average molecular weight is 369 g/mol. The van der Waals surface area contributed by atoms with E-state index in [2.05, 4.69) is 25.2 Å². The summed E-state index contributed by atoms with van der Waals surface area (Å²) in [5.74, 6) is 0. The molecule has 1 aromatic carbocycles. The molecule has 3 aromatic heterocycles. The van der Waals surface area contributed by atoms with Gasteiger partial charge in [0.25, 0.3) is 0 Å². The van der Waals surface area contributed by atoms with Crippen molar-refractivity contribution >= 4 is 15.7 Å². The fraction of sp³-hybridized carbons (Fsp3) is 0.125. The fourth-order valence-electron chi connectivity index (χ4n) is 2.57. The quantitative estimate of drug-likeness (QED) is 0.564. The van der Waals surface area contributed by atoms with Gasteiger partial charge in [-0.15, -0.1) is 5.10 Å². The number of hydrogen-bond acceptors (Lipinski definition) is 6. The van der Waals surface area contributed by atoms with Crippen molar-refractivity contribution in [1.29, 1.82) is 0 Å². The van der Waals surface area contributed by atoms with E-state index >= 15 is 0 Å². The predicted octanol–water partition coefficient (Wildman–Crippen LogP) is 1.10. The van der Waals surface area contributed by atoms with Gasteiger partial charge in [0.15, 0.2) is 0 Å². The molecule has 0 aliphatic rings. The third-order valence-electron chi connectivity index (χ3n) is 3.83. The zero-order valence-corrected chi connectivity index (χ0v) is 14.6. The van der Waals surface area contributed by atoms with Gasteiger partial charge in [-0.25, -0.2) is 22.8 Å². The van der Waals surface area contributed by atoms with Gasteiger partial charge in [0.2, 0.25) is 10.0 Å². The molecule has 0 aliphatic heterocycles. The molecule has 132 valence electrons. The first-order chi connectivity index (χ1) is 12.5. The number of benzene rings is 1. The lowest BCUT2D eigenvalue weighted by Gasteiger charge is -2.07. The zero-order valence-electron chi connectivity index (χ0n) is 13.8. The van der Waals surface area contributed by atoms with Gasteiger partial charge in [-0.3, -0.25) is 0 Å². The SMILES string of the molecule is Cc1ccc2nc(CNS(=O)(=O)c3cccc(-n4cnnn4)c3)cn2c1. The van der Waals surface area contributed by atoms with E-state index in [0.29, 0.717) is 11.4 Å². The summed E-state index contributed by atoms with van der Waals surface area (Å²) in [6, 6.07) is 10.2. The maximum Gasteiger partial charge on any atom is 0.240 e. The second-order valence-electron chi connectivity index (χ2n) is 5.78. The number of sulfonamides is 1. The fourth-order valence-corrected chi connectivity index (χ4v) is 3.60. The molecule has 0 radical (unpaired) electrons. The minimum absolute atomic E-state index is 0.0954. The standard InChI is InChI=1S/C16H15N7O2S/c1-12-5-6-16-19-13(10-22(16)9-12)8-18-26(24,25)15-4-2-3-14(7-15)23-11-17-20-21-23/h2-7,9-11,18H,8H2,1H3. The number of rotatable bonds is 5. The first-order valence-electron chi connectivity index (χ1n) is 7.79. The average Bonchev–Trinajstić information content (AvgIpc) is 3.29. The van der Waals surface area contributed by atoms with E-state index in [1.165, 1.54) is 23.1 Å². The van der Waals surface area contributed by atoms with E-state index in [1.54, 1.807) is 12.1 Å². The van der Waals surface area contributed by atoms with Crippen LogP contribution >= 0.6 is 0 Å². The molecule has 3 heterocycles. The summed E-state index contributed by atoms with van der Waals surface area (Å²) in [5.41, 5.74) is 3.06. The van der Waals surface area contributed by atoms with Crippen molar-refractivity contribution < 1.29 is 8.42 Å². The summed E-state index contributed by atoms with van der Waals surface area (Å²) in [5, 5.41) is 10.9. The molecular formula is C16H15N7O2S. The Hall–Kier alpha value is -3.11. The van der Waals surface area contributed by atoms with Gasteiger partial charge >= 0.3 is 0 Å². The predicted molar refractivity (Wildman–Crippen MR) is 93.1 cm³/mol. The molecule has 0 unspecified atom stereocenters. The number of nitrogens with one attached hydrogen (secondary N) is 1. The second kappa shape index (κ2) is 6.32. The molecule has 0 spiro atoms. The molecule has 0 amide bonds. The third kappa shape index (κ3) is 3.19. The maximum absolute atomic E-state index is 12.6. The molecule has 0 bridgehead atoms. The van der Waals surface area contributed by atoms with Crippen LogP contribution in [0, 0.1) is 6.92 Å². The molecule has 9 nitrogen and oxygen atoms in total.